The van der Waals surface area contributed by atoms with Crippen molar-refractivity contribution < 1.29 is 6.22 Å². The zero-order chi connectivity index (χ0) is 8.53. The third-order valence-corrected chi connectivity index (χ3v) is 1.51. The Kier molecular flexibility index (Phi) is 7.15. The molecule has 0 aromatic carbocycles. The molecule has 0 aliphatic heterocycles. The lowest BCUT2D eigenvalue weighted by atomic mass is 10.2. The topological polar surface area (TPSA) is 32.3 Å². The van der Waals surface area contributed by atoms with Gasteiger partial charge in [-0.25, -0.2) is 0 Å². The maximum absolute atomic E-state index is 9.83. The van der Waals surface area contributed by atoms with Crippen LogP contribution in [0.3, 0.4) is 0 Å². The zero-order valence-corrected chi connectivity index (χ0v) is 7.47. The van der Waals surface area contributed by atoms with Crippen molar-refractivity contribution in [1.29, 1.82) is 0 Å². The molecular weight excluding hydrogens is 140 g/mol. The number of rotatable bonds is 7. The quantitative estimate of drug-likeness (QED) is 0.439. The molecule has 0 unspecified atom stereocenters. The van der Waals surface area contributed by atoms with Gasteiger partial charge < -0.3 is 10.2 Å². The standard InChI is InChI=1S/C8H18N2O.H2/c1-10(2)7-5-3-4-6-9-8-11;/h8H,3-7H2,1-2H3,(H,9,11);1H. The molecule has 0 aromatic rings. The van der Waals surface area contributed by atoms with Gasteiger partial charge in [-0.15, -0.1) is 0 Å². The van der Waals surface area contributed by atoms with Crippen molar-refractivity contribution in [2.75, 3.05) is 27.2 Å². The highest BCUT2D eigenvalue weighted by Gasteiger charge is 1.90. The number of nitrogens with zero attached hydrogens (tertiary/aromatic N) is 1. The molecule has 68 valence electrons. The second kappa shape index (κ2) is 7.54. The van der Waals surface area contributed by atoms with Gasteiger partial charge >= 0.3 is 0 Å². The summed E-state index contributed by atoms with van der Waals surface area (Å²) in [6.07, 6.45) is 4.26. The van der Waals surface area contributed by atoms with Gasteiger partial charge in [0.25, 0.3) is 0 Å². The van der Waals surface area contributed by atoms with Crippen molar-refractivity contribution in [2.24, 2.45) is 0 Å². The summed E-state index contributed by atoms with van der Waals surface area (Å²) in [6, 6.07) is 0. The van der Waals surface area contributed by atoms with E-state index in [2.05, 4.69) is 24.3 Å². The Morgan fingerprint density at radius 1 is 1.36 bits per heavy atom. The van der Waals surface area contributed by atoms with Crippen molar-refractivity contribution in [3.8, 4) is 0 Å². The Labute approximate surface area is 70.2 Å². The minimum atomic E-state index is 0. The Bertz CT molecular complexity index is 99.1. The highest BCUT2D eigenvalue weighted by Crippen LogP contribution is 1.94. The molecule has 0 bridgehead atoms. The van der Waals surface area contributed by atoms with Gasteiger partial charge in [-0.3, -0.25) is 4.79 Å². The van der Waals surface area contributed by atoms with Gasteiger partial charge in [0, 0.05) is 7.97 Å². The van der Waals surface area contributed by atoms with E-state index in [0.717, 1.165) is 25.9 Å². The van der Waals surface area contributed by atoms with Crippen LogP contribution in [0.1, 0.15) is 20.7 Å². The van der Waals surface area contributed by atoms with Gasteiger partial charge in [-0.1, -0.05) is 6.42 Å². The molecule has 0 fully saturated rings. The summed E-state index contributed by atoms with van der Waals surface area (Å²) >= 11 is 0. The van der Waals surface area contributed by atoms with Crippen LogP contribution in [0.5, 0.6) is 0 Å². The van der Waals surface area contributed by atoms with E-state index in [1.165, 1.54) is 12.8 Å². The first-order chi connectivity index (χ1) is 5.27. The summed E-state index contributed by atoms with van der Waals surface area (Å²) in [7, 11) is 4.15. The third-order valence-electron chi connectivity index (χ3n) is 1.51. The van der Waals surface area contributed by atoms with Crippen molar-refractivity contribution in [3.63, 3.8) is 0 Å². The van der Waals surface area contributed by atoms with Crippen molar-refractivity contribution in [3.05, 3.63) is 0 Å². The predicted molar refractivity (Wildman–Crippen MR) is 48.6 cm³/mol. The highest BCUT2D eigenvalue weighted by atomic mass is 16.1. The van der Waals surface area contributed by atoms with Crippen LogP contribution in [0, 0.1) is 0 Å². The number of hydrogen-bond acceptors (Lipinski definition) is 2. The van der Waals surface area contributed by atoms with Crippen LogP contribution in [-0.4, -0.2) is 38.5 Å². The average molecular weight is 160 g/mol. The Balaban J connectivity index is 0. The predicted octanol–water partition coefficient (Wildman–Crippen LogP) is 0.710. The number of hydrogen-bond donors (Lipinski definition) is 1. The summed E-state index contributed by atoms with van der Waals surface area (Å²) in [5, 5.41) is 2.64. The molecule has 0 saturated carbocycles. The van der Waals surface area contributed by atoms with E-state index in [9.17, 15) is 4.79 Å². The first-order valence-corrected chi connectivity index (χ1v) is 4.09. The fourth-order valence-corrected chi connectivity index (χ4v) is 0.891. The number of carbonyl (C=O) groups is 1. The van der Waals surface area contributed by atoms with Crippen molar-refractivity contribution in [1.82, 2.24) is 10.2 Å². The molecule has 0 atom stereocenters. The van der Waals surface area contributed by atoms with Crippen LogP contribution in [-0.2, 0) is 4.79 Å². The van der Waals surface area contributed by atoms with Crippen LogP contribution in [0.15, 0.2) is 0 Å². The van der Waals surface area contributed by atoms with Crippen LogP contribution < -0.4 is 5.32 Å². The van der Waals surface area contributed by atoms with Gasteiger partial charge in [0.2, 0.25) is 6.41 Å². The second-order valence-electron chi connectivity index (χ2n) is 2.94. The van der Waals surface area contributed by atoms with Gasteiger partial charge in [0.15, 0.2) is 0 Å². The lowest BCUT2D eigenvalue weighted by molar-refractivity contribution is -0.109. The summed E-state index contributed by atoms with van der Waals surface area (Å²) in [6.45, 7) is 1.96. The molecule has 0 radical (unpaired) electrons. The molecule has 1 amide bonds. The van der Waals surface area contributed by atoms with Gasteiger partial charge in [-0.05, 0) is 33.5 Å². The molecule has 0 aliphatic rings. The SMILES string of the molecule is CN(C)CCCCCNC=O.[HH]. The van der Waals surface area contributed by atoms with E-state index >= 15 is 0 Å². The van der Waals surface area contributed by atoms with E-state index in [0.29, 0.717) is 0 Å². The van der Waals surface area contributed by atoms with E-state index in [1.54, 1.807) is 0 Å². The lowest BCUT2D eigenvalue weighted by Crippen LogP contribution is -2.15. The van der Waals surface area contributed by atoms with Crippen molar-refractivity contribution in [2.45, 2.75) is 19.3 Å². The number of carbonyl (C=O) groups excluding carboxylic acids is 1. The van der Waals surface area contributed by atoms with Crippen LogP contribution >= 0.6 is 0 Å². The maximum Gasteiger partial charge on any atom is 0.207 e. The first-order valence-electron chi connectivity index (χ1n) is 4.09. The highest BCUT2D eigenvalue weighted by molar-refractivity contribution is 5.45. The van der Waals surface area contributed by atoms with Crippen LogP contribution in [0.25, 0.3) is 0 Å². The molecule has 0 aliphatic carbocycles. The number of amides is 1. The zero-order valence-electron chi connectivity index (χ0n) is 7.47. The van der Waals surface area contributed by atoms with Crippen molar-refractivity contribution >= 4 is 6.41 Å². The Morgan fingerprint density at radius 2 is 2.09 bits per heavy atom. The summed E-state index contributed by atoms with van der Waals surface area (Å²) < 4.78 is 0. The van der Waals surface area contributed by atoms with E-state index in [4.69, 9.17) is 0 Å². The molecule has 11 heavy (non-hydrogen) atoms. The molecule has 0 saturated heterocycles. The van der Waals surface area contributed by atoms with E-state index < -0.39 is 0 Å². The summed E-state index contributed by atoms with van der Waals surface area (Å²) in [5.74, 6) is 0. The average Bonchev–Trinajstić information content (AvgIpc) is 1.96. The fourth-order valence-electron chi connectivity index (χ4n) is 0.891. The third kappa shape index (κ3) is 9.43. The first kappa shape index (κ1) is 10.4. The maximum atomic E-state index is 9.83. The molecule has 0 heterocycles. The molecule has 3 heteroatoms. The smallest absolute Gasteiger partial charge is 0.207 e. The second-order valence-corrected chi connectivity index (χ2v) is 2.94. The molecule has 0 aromatic heterocycles. The van der Waals surface area contributed by atoms with Crippen LogP contribution in [0.2, 0.25) is 0 Å². The Morgan fingerprint density at radius 3 is 2.64 bits per heavy atom. The largest absolute Gasteiger partial charge is 0.359 e. The van der Waals surface area contributed by atoms with Gasteiger partial charge in [0.1, 0.15) is 0 Å². The van der Waals surface area contributed by atoms with E-state index in [1.807, 2.05) is 0 Å². The van der Waals surface area contributed by atoms with E-state index in [-0.39, 0.29) is 1.43 Å². The summed E-state index contributed by atoms with van der Waals surface area (Å²) in [4.78, 5) is 12.0. The Hall–Kier alpha value is -0.570. The molecular formula is C8H20N2O. The van der Waals surface area contributed by atoms with Crippen LogP contribution in [0.4, 0.5) is 0 Å². The molecule has 0 spiro atoms. The monoisotopic (exact) mass is 160 g/mol. The minimum Gasteiger partial charge on any atom is -0.359 e. The fraction of sp³-hybridized carbons (Fsp3) is 0.875. The minimum absolute atomic E-state index is 0. The van der Waals surface area contributed by atoms with Gasteiger partial charge in [-0.2, -0.15) is 0 Å². The molecule has 1 N–H and O–H groups in total. The summed E-state index contributed by atoms with van der Waals surface area (Å²) in [5.41, 5.74) is 0. The lowest BCUT2D eigenvalue weighted by Gasteiger charge is -2.08. The number of nitrogens with one attached hydrogen (secondary N) is 1. The van der Waals surface area contributed by atoms with Gasteiger partial charge in [0.05, 0.1) is 0 Å². The number of unbranched alkanes of at least 4 members (excludes halogenated alkanes) is 2. The molecule has 3 nitrogen and oxygen atoms in total. The molecule has 0 rings (SSSR count). The normalized spacial score (nSPS) is 10.1.